The molecule has 3 atom stereocenters. The van der Waals surface area contributed by atoms with Crippen LogP contribution >= 0.6 is 11.6 Å². The van der Waals surface area contributed by atoms with E-state index in [0.717, 1.165) is 12.8 Å². The lowest BCUT2D eigenvalue weighted by molar-refractivity contribution is -0.110. The van der Waals surface area contributed by atoms with Crippen LogP contribution in [0.3, 0.4) is 0 Å². The van der Waals surface area contributed by atoms with E-state index in [1.165, 1.54) is 43.4 Å². The minimum Gasteiger partial charge on any atom is -0.320 e. The smallest absolute Gasteiger partial charge is 0.256 e. The van der Waals surface area contributed by atoms with Gasteiger partial charge in [0.25, 0.3) is 5.91 Å². The minimum absolute atomic E-state index is 0.199. The third-order valence-corrected chi connectivity index (χ3v) is 8.00. The van der Waals surface area contributed by atoms with Crippen molar-refractivity contribution in [3.05, 3.63) is 46.8 Å². The molecule has 0 radical (unpaired) electrons. The van der Waals surface area contributed by atoms with Crippen molar-refractivity contribution in [2.24, 2.45) is 22.7 Å². The van der Waals surface area contributed by atoms with Crippen molar-refractivity contribution in [3.63, 3.8) is 0 Å². The second-order valence-corrected chi connectivity index (χ2v) is 10.2. The maximum absolute atomic E-state index is 13.9. The van der Waals surface area contributed by atoms with E-state index in [4.69, 9.17) is 11.6 Å². The molecule has 0 bridgehead atoms. The number of hydrogen-bond acceptors (Lipinski definition) is 1. The summed E-state index contributed by atoms with van der Waals surface area (Å²) in [6.45, 7) is 11.6. The van der Waals surface area contributed by atoms with Crippen LogP contribution in [-0.4, -0.2) is 5.91 Å². The summed E-state index contributed by atoms with van der Waals surface area (Å²) < 4.78 is 13.9. The van der Waals surface area contributed by atoms with Gasteiger partial charge in [-0.25, -0.2) is 4.39 Å². The van der Waals surface area contributed by atoms with Crippen LogP contribution in [0.15, 0.2) is 30.4 Å². The van der Waals surface area contributed by atoms with Crippen molar-refractivity contribution in [1.82, 2.24) is 0 Å². The molecule has 150 valence electrons. The summed E-state index contributed by atoms with van der Waals surface area (Å²) in [6, 6.07) is 2.64. The Labute approximate surface area is 172 Å². The molecule has 4 rings (SSSR count). The number of nitrogens with one attached hydrogen (secondary N) is 1. The van der Waals surface area contributed by atoms with Gasteiger partial charge in [0, 0.05) is 11.1 Å². The first-order valence-corrected chi connectivity index (χ1v) is 10.7. The van der Waals surface area contributed by atoms with E-state index in [-0.39, 0.29) is 16.3 Å². The largest absolute Gasteiger partial charge is 0.320 e. The van der Waals surface area contributed by atoms with E-state index in [2.05, 4.69) is 32.7 Å². The number of halogens is 2. The second-order valence-electron chi connectivity index (χ2n) is 9.77. The lowest BCUT2D eigenvalue weighted by atomic mass is 9.47. The Morgan fingerprint density at radius 3 is 2.82 bits per heavy atom. The van der Waals surface area contributed by atoms with Crippen LogP contribution in [0, 0.1) is 28.5 Å². The van der Waals surface area contributed by atoms with Crippen LogP contribution in [0.2, 0.25) is 5.02 Å². The Morgan fingerprint density at radius 1 is 1.32 bits per heavy atom. The topological polar surface area (TPSA) is 29.1 Å². The highest BCUT2D eigenvalue weighted by atomic mass is 35.5. The zero-order valence-corrected chi connectivity index (χ0v) is 17.8. The summed E-state index contributed by atoms with van der Waals surface area (Å²) in [6.07, 6.45) is 8.74. The zero-order chi connectivity index (χ0) is 20.3. The highest BCUT2D eigenvalue weighted by molar-refractivity contribution is 6.39. The lowest BCUT2D eigenvalue weighted by Crippen LogP contribution is -2.49. The highest BCUT2D eigenvalue weighted by Crippen LogP contribution is 2.61. The number of hydrogen-bond donors (Lipinski definition) is 1. The first-order valence-electron chi connectivity index (χ1n) is 10.3. The Balaban J connectivity index is 1.67. The molecule has 1 aliphatic heterocycles. The van der Waals surface area contributed by atoms with Crippen molar-refractivity contribution in [1.29, 1.82) is 0 Å². The normalized spacial score (nSPS) is 32.8. The molecule has 1 aromatic carbocycles. The van der Waals surface area contributed by atoms with Gasteiger partial charge in [0.05, 0.1) is 10.7 Å². The number of rotatable bonds is 2. The molecule has 1 N–H and O–H groups in total. The van der Waals surface area contributed by atoms with Crippen molar-refractivity contribution >= 4 is 28.8 Å². The van der Waals surface area contributed by atoms with E-state index < -0.39 is 5.82 Å². The van der Waals surface area contributed by atoms with Gasteiger partial charge in [0.15, 0.2) is 0 Å². The molecule has 2 aliphatic carbocycles. The summed E-state index contributed by atoms with van der Waals surface area (Å²) in [4.78, 5) is 12.5. The predicted molar refractivity (Wildman–Crippen MR) is 114 cm³/mol. The molecule has 2 saturated carbocycles. The van der Waals surface area contributed by atoms with Crippen molar-refractivity contribution in [3.8, 4) is 0 Å². The Bertz CT molecular complexity index is 887. The summed E-state index contributed by atoms with van der Waals surface area (Å²) >= 11 is 6.13. The summed E-state index contributed by atoms with van der Waals surface area (Å²) in [5, 5.41) is 3.04. The van der Waals surface area contributed by atoms with Crippen molar-refractivity contribution in [2.75, 3.05) is 5.32 Å². The van der Waals surface area contributed by atoms with Crippen LogP contribution in [0.4, 0.5) is 10.1 Å². The van der Waals surface area contributed by atoms with Crippen LogP contribution in [0.25, 0.3) is 5.57 Å². The van der Waals surface area contributed by atoms with Gasteiger partial charge in [0.2, 0.25) is 0 Å². The number of carbonyl (C=O) groups is 1. The molecule has 0 saturated heterocycles. The van der Waals surface area contributed by atoms with Crippen LogP contribution in [0.5, 0.6) is 0 Å². The van der Waals surface area contributed by atoms with Crippen LogP contribution < -0.4 is 5.32 Å². The van der Waals surface area contributed by atoms with Crippen LogP contribution in [0.1, 0.15) is 64.9 Å². The minimum atomic E-state index is -0.422. The summed E-state index contributed by atoms with van der Waals surface area (Å²) in [7, 11) is 0. The highest BCUT2D eigenvalue weighted by Gasteiger charge is 2.52. The fraction of sp³-hybridized carbons (Fsp3) is 0.542. The Kier molecular flexibility index (Phi) is 4.73. The quantitative estimate of drug-likeness (QED) is 0.419. The molecular formula is C24H29ClFNO. The van der Waals surface area contributed by atoms with Crippen molar-refractivity contribution < 1.29 is 9.18 Å². The molecule has 1 amide bonds. The van der Waals surface area contributed by atoms with Gasteiger partial charge >= 0.3 is 0 Å². The maximum Gasteiger partial charge on any atom is 0.256 e. The molecule has 2 nitrogen and oxygen atoms in total. The number of allylic oxidation sites excluding steroid dienone is 2. The van der Waals surface area contributed by atoms with E-state index in [1.54, 1.807) is 0 Å². The third kappa shape index (κ3) is 3.03. The average Bonchev–Trinajstić information content (AvgIpc) is 2.89. The summed E-state index contributed by atoms with van der Waals surface area (Å²) in [5.74, 6) is 0.391. The summed E-state index contributed by atoms with van der Waals surface area (Å²) in [5.41, 5.74) is 3.46. The fourth-order valence-corrected chi connectivity index (χ4v) is 6.62. The third-order valence-electron chi connectivity index (χ3n) is 7.70. The van der Waals surface area contributed by atoms with Gasteiger partial charge in [0.1, 0.15) is 5.82 Å². The van der Waals surface area contributed by atoms with E-state index in [0.29, 0.717) is 34.1 Å². The van der Waals surface area contributed by atoms with E-state index >= 15 is 0 Å². The molecule has 2 fully saturated rings. The Hall–Kier alpha value is -1.61. The maximum atomic E-state index is 13.9. The number of carbonyl (C=O) groups excluding carboxylic acids is 1. The molecule has 0 aromatic heterocycles. The SMILES string of the molecule is C=C1CC[C@H]2C(C)(C)CCC[C@]2(C)[C@H]1C/C=C1/C(=O)Nc2c(Cl)cc(F)cc21. The van der Waals surface area contributed by atoms with Gasteiger partial charge in [-0.15, -0.1) is 0 Å². The molecule has 1 aromatic rings. The standard InChI is InChI=1S/C24H29ClFNO/c1-14-6-9-20-23(2,3)10-5-11-24(20,4)18(14)8-7-16-17-12-15(26)13-19(25)21(17)27-22(16)28/h7,12-13,18,20H,1,5-6,8-11H2,2-4H3,(H,27,28)/b16-7+/t18-,20-,24+/m0/s1. The fourth-order valence-electron chi connectivity index (χ4n) is 6.36. The van der Waals surface area contributed by atoms with Crippen molar-refractivity contribution in [2.45, 2.75) is 59.3 Å². The predicted octanol–water partition coefficient (Wildman–Crippen LogP) is 7.00. The Morgan fingerprint density at radius 2 is 2.07 bits per heavy atom. The first-order chi connectivity index (χ1) is 13.1. The average molecular weight is 402 g/mol. The molecular weight excluding hydrogens is 373 g/mol. The number of amides is 1. The molecule has 28 heavy (non-hydrogen) atoms. The van der Waals surface area contributed by atoms with Gasteiger partial charge in [-0.3, -0.25) is 4.79 Å². The lowest BCUT2D eigenvalue weighted by Gasteiger charge is -2.58. The number of fused-ring (bicyclic) bond motifs is 2. The molecule has 1 heterocycles. The number of anilines is 1. The monoisotopic (exact) mass is 401 g/mol. The van der Waals surface area contributed by atoms with Gasteiger partial charge in [-0.05, 0) is 66.9 Å². The zero-order valence-electron chi connectivity index (χ0n) is 17.0. The van der Waals surface area contributed by atoms with Crippen LogP contribution in [-0.2, 0) is 4.79 Å². The molecule has 4 heteroatoms. The van der Waals surface area contributed by atoms with Gasteiger partial charge < -0.3 is 5.32 Å². The van der Waals surface area contributed by atoms with Gasteiger partial charge in [-0.1, -0.05) is 57.0 Å². The molecule has 0 unspecified atom stereocenters. The molecule has 3 aliphatic rings. The first kappa shape index (κ1) is 19.7. The molecule has 0 spiro atoms. The van der Waals surface area contributed by atoms with E-state index in [9.17, 15) is 9.18 Å². The second kappa shape index (κ2) is 6.73. The van der Waals surface area contributed by atoms with E-state index in [1.807, 2.05) is 6.08 Å². The van der Waals surface area contributed by atoms with Gasteiger partial charge in [-0.2, -0.15) is 0 Å². The number of benzene rings is 1.